The standard InChI is InChI=1S/C27H29BrFN3O4S/c1-3-30-27(34)25(17-20-8-5-4-6-9-20)31(18-21-10-7-11-22(28)16-21)26(33)19-32(37(2,35)36)24-14-12-23(29)13-15-24/h4-16,25H,3,17-19H2,1-2H3,(H,30,34)/t25-/m1/s1. The zero-order chi connectivity index (χ0) is 27.0. The van der Waals surface area contributed by atoms with Gasteiger partial charge >= 0.3 is 0 Å². The zero-order valence-corrected chi connectivity index (χ0v) is 23.0. The van der Waals surface area contributed by atoms with Gasteiger partial charge in [0, 0.05) is 24.0 Å². The first-order valence-electron chi connectivity index (χ1n) is 11.7. The minimum Gasteiger partial charge on any atom is -0.355 e. The zero-order valence-electron chi connectivity index (χ0n) is 20.6. The van der Waals surface area contributed by atoms with Crippen LogP contribution < -0.4 is 9.62 Å². The van der Waals surface area contributed by atoms with Gasteiger partial charge < -0.3 is 10.2 Å². The van der Waals surface area contributed by atoms with Crippen LogP contribution in [0, 0.1) is 5.82 Å². The van der Waals surface area contributed by atoms with Gasteiger partial charge in [0.1, 0.15) is 18.4 Å². The summed E-state index contributed by atoms with van der Waals surface area (Å²) in [6.07, 6.45) is 1.22. The molecule has 3 aromatic carbocycles. The predicted octanol–water partition coefficient (Wildman–Crippen LogP) is 4.13. The third-order valence-electron chi connectivity index (χ3n) is 5.66. The molecule has 0 saturated carbocycles. The Kier molecular flexibility index (Phi) is 9.82. The van der Waals surface area contributed by atoms with E-state index in [0.29, 0.717) is 6.54 Å². The number of rotatable bonds is 11. The van der Waals surface area contributed by atoms with Crippen molar-refractivity contribution in [1.82, 2.24) is 10.2 Å². The van der Waals surface area contributed by atoms with Gasteiger partial charge in [-0.3, -0.25) is 13.9 Å². The first kappa shape index (κ1) is 28.3. The molecular weight excluding hydrogens is 561 g/mol. The molecule has 0 aromatic heterocycles. The van der Waals surface area contributed by atoms with Gasteiger partial charge in [-0.2, -0.15) is 0 Å². The van der Waals surface area contributed by atoms with E-state index >= 15 is 0 Å². The molecule has 196 valence electrons. The largest absolute Gasteiger partial charge is 0.355 e. The fourth-order valence-electron chi connectivity index (χ4n) is 3.90. The van der Waals surface area contributed by atoms with Crippen molar-refractivity contribution in [3.8, 4) is 0 Å². The summed E-state index contributed by atoms with van der Waals surface area (Å²) in [6, 6.07) is 20.6. The van der Waals surface area contributed by atoms with Crippen LogP contribution in [0.1, 0.15) is 18.1 Å². The Morgan fingerprint density at radius 1 is 0.973 bits per heavy atom. The summed E-state index contributed by atoms with van der Waals surface area (Å²) in [5, 5.41) is 2.80. The number of hydrogen-bond acceptors (Lipinski definition) is 4. The third-order valence-corrected chi connectivity index (χ3v) is 7.29. The Morgan fingerprint density at radius 3 is 2.22 bits per heavy atom. The number of nitrogens with one attached hydrogen (secondary N) is 1. The highest BCUT2D eigenvalue weighted by Gasteiger charge is 2.32. The molecular formula is C27H29BrFN3O4S. The van der Waals surface area contributed by atoms with Gasteiger partial charge in [0.25, 0.3) is 0 Å². The number of likely N-dealkylation sites (N-methyl/N-ethyl adjacent to an activating group) is 1. The van der Waals surface area contributed by atoms with Gasteiger partial charge in [0.2, 0.25) is 21.8 Å². The van der Waals surface area contributed by atoms with Crippen molar-refractivity contribution in [2.24, 2.45) is 0 Å². The molecule has 0 aliphatic carbocycles. The second kappa shape index (κ2) is 12.8. The molecule has 0 saturated heterocycles. The molecule has 1 atom stereocenters. The van der Waals surface area contributed by atoms with Crippen LogP contribution in [0.15, 0.2) is 83.3 Å². The van der Waals surface area contributed by atoms with Gasteiger partial charge in [-0.25, -0.2) is 12.8 Å². The molecule has 0 aliphatic heterocycles. The molecule has 10 heteroatoms. The van der Waals surface area contributed by atoms with Gasteiger partial charge in [-0.1, -0.05) is 58.4 Å². The number of halogens is 2. The molecule has 1 N–H and O–H groups in total. The van der Waals surface area contributed by atoms with Gasteiger partial charge in [0.15, 0.2) is 0 Å². The Bertz CT molecular complexity index is 1320. The molecule has 0 spiro atoms. The van der Waals surface area contributed by atoms with Crippen molar-refractivity contribution < 1.29 is 22.4 Å². The van der Waals surface area contributed by atoms with Crippen molar-refractivity contribution in [3.05, 3.63) is 100 Å². The summed E-state index contributed by atoms with van der Waals surface area (Å²) in [7, 11) is -3.90. The molecule has 0 unspecified atom stereocenters. The fourth-order valence-corrected chi connectivity index (χ4v) is 5.20. The normalized spacial score (nSPS) is 12.0. The van der Waals surface area contributed by atoms with Crippen molar-refractivity contribution in [2.75, 3.05) is 23.7 Å². The lowest BCUT2D eigenvalue weighted by Gasteiger charge is -2.33. The summed E-state index contributed by atoms with van der Waals surface area (Å²) in [4.78, 5) is 28.5. The lowest BCUT2D eigenvalue weighted by molar-refractivity contribution is -0.140. The van der Waals surface area contributed by atoms with Gasteiger partial charge in [0.05, 0.1) is 11.9 Å². The van der Waals surface area contributed by atoms with Crippen LogP contribution in [0.2, 0.25) is 0 Å². The Morgan fingerprint density at radius 2 is 1.62 bits per heavy atom. The molecule has 0 radical (unpaired) electrons. The summed E-state index contributed by atoms with van der Waals surface area (Å²) >= 11 is 3.44. The Balaban J connectivity index is 2.03. The molecule has 2 amide bonds. The van der Waals surface area contributed by atoms with Crippen molar-refractivity contribution in [1.29, 1.82) is 0 Å². The minimum absolute atomic E-state index is 0.0773. The van der Waals surface area contributed by atoms with Crippen LogP contribution in [0.5, 0.6) is 0 Å². The van der Waals surface area contributed by atoms with Crippen molar-refractivity contribution in [2.45, 2.75) is 25.9 Å². The molecule has 0 aliphatic rings. The van der Waals surface area contributed by atoms with Crippen LogP contribution in [0.25, 0.3) is 0 Å². The maximum atomic E-state index is 13.8. The number of benzene rings is 3. The van der Waals surface area contributed by atoms with E-state index in [4.69, 9.17) is 0 Å². The van der Waals surface area contributed by atoms with E-state index in [1.54, 1.807) is 6.92 Å². The highest BCUT2D eigenvalue weighted by Crippen LogP contribution is 2.21. The maximum Gasteiger partial charge on any atom is 0.244 e. The molecule has 7 nitrogen and oxygen atoms in total. The highest BCUT2D eigenvalue weighted by atomic mass is 79.9. The number of carbonyl (C=O) groups is 2. The van der Waals surface area contributed by atoms with E-state index in [1.807, 2.05) is 54.6 Å². The maximum absolute atomic E-state index is 13.8. The first-order chi connectivity index (χ1) is 17.6. The average Bonchev–Trinajstić information content (AvgIpc) is 2.85. The van der Waals surface area contributed by atoms with Gasteiger partial charge in [-0.05, 0) is 54.4 Å². The Labute approximate surface area is 225 Å². The summed E-state index contributed by atoms with van der Waals surface area (Å²) in [6.45, 7) is 1.68. The summed E-state index contributed by atoms with van der Waals surface area (Å²) in [5.74, 6) is -1.44. The number of amides is 2. The topological polar surface area (TPSA) is 86.8 Å². The number of sulfonamides is 1. The fraction of sp³-hybridized carbons (Fsp3) is 0.259. The average molecular weight is 591 g/mol. The highest BCUT2D eigenvalue weighted by molar-refractivity contribution is 9.10. The monoisotopic (exact) mass is 589 g/mol. The lowest BCUT2D eigenvalue weighted by Crippen LogP contribution is -2.53. The number of nitrogens with zero attached hydrogens (tertiary/aromatic N) is 2. The van der Waals surface area contributed by atoms with E-state index in [0.717, 1.165) is 38.3 Å². The van der Waals surface area contributed by atoms with E-state index < -0.39 is 34.3 Å². The van der Waals surface area contributed by atoms with E-state index in [1.165, 1.54) is 17.0 Å². The van der Waals surface area contributed by atoms with E-state index in [2.05, 4.69) is 21.2 Å². The first-order valence-corrected chi connectivity index (χ1v) is 14.3. The molecule has 0 fully saturated rings. The number of carbonyl (C=O) groups excluding carboxylic acids is 2. The van der Waals surface area contributed by atoms with Gasteiger partial charge in [-0.15, -0.1) is 0 Å². The lowest BCUT2D eigenvalue weighted by atomic mass is 10.0. The second-order valence-corrected chi connectivity index (χ2v) is 11.3. The minimum atomic E-state index is -3.90. The van der Waals surface area contributed by atoms with Crippen molar-refractivity contribution >= 4 is 43.5 Å². The Hall–Kier alpha value is -3.24. The molecule has 37 heavy (non-hydrogen) atoms. The van der Waals surface area contributed by atoms with Crippen LogP contribution in [0.4, 0.5) is 10.1 Å². The molecule has 0 heterocycles. The van der Waals surface area contributed by atoms with Crippen LogP contribution >= 0.6 is 15.9 Å². The van der Waals surface area contributed by atoms with E-state index in [9.17, 15) is 22.4 Å². The quantitative estimate of drug-likeness (QED) is 0.364. The van der Waals surface area contributed by atoms with Crippen LogP contribution in [-0.4, -0.2) is 50.5 Å². The molecule has 3 rings (SSSR count). The van der Waals surface area contributed by atoms with Crippen LogP contribution in [0.3, 0.4) is 0 Å². The number of hydrogen-bond donors (Lipinski definition) is 1. The predicted molar refractivity (Wildman–Crippen MR) is 146 cm³/mol. The molecule has 0 bridgehead atoms. The number of anilines is 1. The summed E-state index contributed by atoms with van der Waals surface area (Å²) < 4.78 is 40.5. The van der Waals surface area contributed by atoms with E-state index in [-0.39, 0.29) is 24.6 Å². The molecule has 3 aromatic rings. The smallest absolute Gasteiger partial charge is 0.244 e. The SMILES string of the molecule is CCNC(=O)[C@@H](Cc1ccccc1)N(Cc1cccc(Br)c1)C(=O)CN(c1ccc(F)cc1)S(C)(=O)=O. The third kappa shape index (κ3) is 8.13. The summed E-state index contributed by atoms with van der Waals surface area (Å²) in [5.41, 5.74) is 1.76. The van der Waals surface area contributed by atoms with Crippen molar-refractivity contribution in [3.63, 3.8) is 0 Å². The second-order valence-electron chi connectivity index (χ2n) is 8.50. The van der Waals surface area contributed by atoms with Crippen LogP contribution in [-0.2, 0) is 32.6 Å².